The first-order valence-electron chi connectivity index (χ1n) is 7.12. The van der Waals surface area contributed by atoms with Crippen LogP contribution in [0.4, 0.5) is 5.95 Å². The Morgan fingerprint density at radius 1 is 1.70 bits per heavy atom. The lowest BCUT2D eigenvalue weighted by atomic mass is 10.0. The monoisotopic (exact) mass is 281 g/mol. The molecule has 1 saturated carbocycles. The van der Waals surface area contributed by atoms with Crippen molar-refractivity contribution in [3.63, 3.8) is 0 Å². The average molecular weight is 281 g/mol. The van der Waals surface area contributed by atoms with E-state index in [2.05, 4.69) is 15.0 Å². The van der Waals surface area contributed by atoms with E-state index >= 15 is 0 Å². The van der Waals surface area contributed by atoms with Crippen LogP contribution in [0.25, 0.3) is 11.2 Å². The van der Waals surface area contributed by atoms with Crippen LogP contribution in [0, 0.1) is 5.92 Å². The van der Waals surface area contributed by atoms with Crippen molar-refractivity contribution >= 4 is 17.1 Å². The second kappa shape index (κ2) is 4.43. The smallest absolute Gasteiger partial charge is 0.280 e. The SMILES string of the molecule is [2H]C([2H])=C1[C@H](CO)[C@@H](O)C[C@@H]1n1[13cH][15n]c2c(=O)[nH]c(N)nc21. The number of aromatic amines is 1. The largest absolute Gasteiger partial charge is 0.396 e. The Kier molecular flexibility index (Phi) is 2.34. The number of aliphatic hydroxyl groups excluding tert-OH is 2. The van der Waals surface area contributed by atoms with E-state index in [9.17, 15) is 15.0 Å². The molecule has 0 spiro atoms. The molecule has 5 N–H and O–H groups in total. The van der Waals surface area contributed by atoms with E-state index in [0.717, 1.165) is 0 Å². The second-order valence-corrected chi connectivity index (χ2v) is 4.84. The topological polar surface area (TPSA) is 130 Å². The molecule has 1 aliphatic carbocycles. The molecule has 106 valence electrons. The number of H-pyrrole nitrogens is 1. The summed E-state index contributed by atoms with van der Waals surface area (Å²) < 4.78 is 16.7. The molecule has 0 amide bonds. The van der Waals surface area contributed by atoms with E-state index in [1.807, 2.05) is 0 Å². The molecule has 2 aromatic rings. The molecule has 20 heavy (non-hydrogen) atoms. The van der Waals surface area contributed by atoms with E-state index in [0.29, 0.717) is 0 Å². The Balaban J connectivity index is 2.19. The summed E-state index contributed by atoms with van der Waals surface area (Å²) in [6.07, 6.45) is 0.682. The lowest BCUT2D eigenvalue weighted by Crippen LogP contribution is -2.17. The fourth-order valence-corrected chi connectivity index (χ4v) is 2.63. The highest BCUT2D eigenvalue weighted by Gasteiger charge is 2.37. The lowest BCUT2D eigenvalue weighted by molar-refractivity contribution is 0.101. The van der Waals surface area contributed by atoms with Crippen LogP contribution >= 0.6 is 0 Å². The molecule has 8 nitrogen and oxygen atoms in total. The number of imidazole rings is 1. The maximum atomic E-state index is 11.8. The van der Waals surface area contributed by atoms with Gasteiger partial charge >= 0.3 is 0 Å². The van der Waals surface area contributed by atoms with Crippen molar-refractivity contribution in [1.29, 1.82) is 0 Å². The zero-order valence-corrected chi connectivity index (χ0v) is 10.4. The number of nitrogens with zero attached hydrogens (tertiary/aromatic N) is 3. The van der Waals surface area contributed by atoms with Gasteiger partial charge in [-0.15, -0.1) is 0 Å². The standard InChI is InChI=1S/C12H15N5O3/c1-5-6(3-18)8(19)2-7(5)17-4-14-9-10(17)15-12(13)16-11(9)20/h4,6-8,18-19H,1-3H2,(H3,13,15,16,20)/t6-,7-,8-/m0/s1/i1D2,4+1,14+1. The molecule has 8 heteroatoms. The zero-order chi connectivity index (χ0) is 16.0. The first-order chi connectivity index (χ1) is 10.4. The third-order valence-electron chi connectivity index (χ3n) is 3.67. The fraction of sp³-hybridized carbons (Fsp3) is 0.417. The van der Waals surface area contributed by atoms with Crippen LogP contribution in [0.5, 0.6) is 0 Å². The molecular weight excluding hydrogens is 264 g/mol. The number of rotatable bonds is 2. The predicted molar refractivity (Wildman–Crippen MR) is 71.9 cm³/mol. The van der Waals surface area contributed by atoms with Gasteiger partial charge in [-0.1, -0.05) is 6.53 Å². The van der Waals surface area contributed by atoms with Gasteiger partial charge in [0.1, 0.15) is 0 Å². The first kappa shape index (κ1) is 10.6. The fourth-order valence-electron chi connectivity index (χ4n) is 2.63. The summed E-state index contributed by atoms with van der Waals surface area (Å²) in [5.41, 5.74) is 5.65. The Bertz CT molecular complexity index is 811. The van der Waals surface area contributed by atoms with Crippen molar-refractivity contribution in [2.24, 2.45) is 5.92 Å². The number of fused-ring (bicyclic) bond motifs is 1. The molecule has 0 bridgehead atoms. The molecule has 1 aliphatic rings. The van der Waals surface area contributed by atoms with Crippen molar-refractivity contribution in [3.05, 3.63) is 28.8 Å². The molecule has 0 saturated heterocycles. The Morgan fingerprint density at radius 3 is 3.20 bits per heavy atom. The lowest BCUT2D eigenvalue weighted by Gasteiger charge is -2.15. The number of nitrogens with one attached hydrogen (secondary N) is 1. The summed E-state index contributed by atoms with van der Waals surface area (Å²) in [5, 5.41) is 19.4. The second-order valence-electron chi connectivity index (χ2n) is 4.84. The Hall–Kier alpha value is -2.19. The van der Waals surface area contributed by atoms with Gasteiger partial charge in [-0.2, -0.15) is 4.98 Å². The number of nitrogen functional groups attached to an aromatic ring is 1. The molecule has 3 rings (SSSR count). The number of anilines is 1. The molecule has 1 fully saturated rings. The molecule has 0 unspecified atom stereocenters. The maximum Gasteiger partial charge on any atom is 0.280 e. The summed E-state index contributed by atoms with van der Waals surface area (Å²) in [7, 11) is 0. The Morgan fingerprint density at radius 2 is 2.50 bits per heavy atom. The average Bonchev–Trinajstić information content (AvgIpc) is 2.99. The quantitative estimate of drug-likeness (QED) is 0.532. The number of aliphatic hydroxyl groups is 2. The van der Waals surface area contributed by atoms with Gasteiger partial charge in [0.2, 0.25) is 5.95 Å². The number of hydrogen-bond donors (Lipinski definition) is 4. The number of hydrogen-bond acceptors (Lipinski definition) is 6. The van der Waals surface area contributed by atoms with Crippen LogP contribution in [-0.4, -0.2) is 42.4 Å². The van der Waals surface area contributed by atoms with E-state index in [-0.39, 0.29) is 35.7 Å². The van der Waals surface area contributed by atoms with Crippen LogP contribution in [0.2, 0.25) is 0 Å². The highest BCUT2D eigenvalue weighted by Crippen LogP contribution is 2.39. The van der Waals surface area contributed by atoms with Gasteiger partial charge in [0.25, 0.3) is 5.56 Å². The van der Waals surface area contributed by atoms with Crippen molar-refractivity contribution in [3.8, 4) is 0 Å². The van der Waals surface area contributed by atoms with Gasteiger partial charge < -0.3 is 20.5 Å². The molecule has 0 radical (unpaired) electrons. The number of nitrogens with two attached hydrogens (primary N) is 1. The van der Waals surface area contributed by atoms with Crippen LogP contribution in [0.15, 0.2) is 23.2 Å². The summed E-state index contributed by atoms with van der Waals surface area (Å²) in [6, 6.07) is -0.573. The minimum atomic E-state index is -0.882. The normalized spacial score (nSPS) is 27.7. The molecule has 2 heterocycles. The molecule has 0 aromatic carbocycles. The molecule has 3 atom stereocenters. The molecule has 2 aromatic heterocycles. The van der Waals surface area contributed by atoms with Gasteiger partial charge in [0.15, 0.2) is 11.2 Å². The van der Waals surface area contributed by atoms with Crippen LogP contribution < -0.4 is 11.3 Å². The minimum absolute atomic E-state index is 0.0704. The zero-order valence-electron chi connectivity index (χ0n) is 12.4. The van der Waals surface area contributed by atoms with Crippen molar-refractivity contribution in [2.75, 3.05) is 12.3 Å². The van der Waals surface area contributed by atoms with Gasteiger partial charge in [0, 0.05) is 5.92 Å². The van der Waals surface area contributed by atoms with E-state index in [1.54, 1.807) is 0 Å². The van der Waals surface area contributed by atoms with Crippen molar-refractivity contribution in [2.45, 2.75) is 18.6 Å². The highest BCUT2D eigenvalue weighted by atomic mass is 16.3. The highest BCUT2D eigenvalue weighted by molar-refractivity contribution is 5.70. The minimum Gasteiger partial charge on any atom is -0.396 e. The van der Waals surface area contributed by atoms with Gasteiger partial charge in [0.05, 0.1) is 27.8 Å². The third kappa shape index (κ3) is 1.73. The maximum absolute atomic E-state index is 11.8. The predicted octanol–water partition coefficient (Wildman–Crippen LogP) is -0.828. The van der Waals surface area contributed by atoms with Gasteiger partial charge in [-0.05, 0) is 12.0 Å². The van der Waals surface area contributed by atoms with Crippen molar-refractivity contribution < 1.29 is 13.0 Å². The van der Waals surface area contributed by atoms with Gasteiger partial charge in [-0.25, -0.2) is 4.98 Å². The molecular formula is C12H15N5O3. The summed E-state index contributed by atoms with van der Waals surface area (Å²) in [6.45, 7) is -0.836. The Labute approximate surface area is 116 Å². The van der Waals surface area contributed by atoms with Crippen LogP contribution in [0.1, 0.15) is 15.2 Å². The van der Waals surface area contributed by atoms with Crippen molar-refractivity contribution in [1.82, 2.24) is 19.5 Å². The summed E-state index contributed by atoms with van der Waals surface area (Å²) in [4.78, 5) is 22.2. The van der Waals surface area contributed by atoms with E-state index < -0.39 is 30.2 Å². The summed E-state index contributed by atoms with van der Waals surface area (Å²) in [5.74, 6) is -0.759. The number of aromatic nitrogens is 4. The van der Waals surface area contributed by atoms with Gasteiger partial charge in [-0.3, -0.25) is 9.78 Å². The van der Waals surface area contributed by atoms with E-state index in [1.165, 1.54) is 10.9 Å². The van der Waals surface area contributed by atoms with Crippen LogP contribution in [0.3, 0.4) is 0 Å². The molecule has 0 aliphatic heterocycles. The van der Waals surface area contributed by atoms with E-state index in [4.69, 9.17) is 8.48 Å². The van der Waals surface area contributed by atoms with Crippen LogP contribution in [-0.2, 0) is 0 Å². The summed E-state index contributed by atoms with van der Waals surface area (Å²) >= 11 is 0. The first-order valence-corrected chi connectivity index (χ1v) is 6.12. The third-order valence-corrected chi connectivity index (χ3v) is 3.67.